The van der Waals surface area contributed by atoms with Crippen molar-refractivity contribution in [3.8, 4) is 0 Å². The normalized spacial score (nSPS) is 20.5. The zero-order chi connectivity index (χ0) is 13.1. The van der Waals surface area contributed by atoms with Crippen LogP contribution >= 0.6 is 11.6 Å². The number of pyridine rings is 1. The van der Waals surface area contributed by atoms with Crippen molar-refractivity contribution in [3.63, 3.8) is 0 Å². The quantitative estimate of drug-likeness (QED) is 0.762. The number of aromatic nitrogens is 1. The third-order valence-electron chi connectivity index (χ3n) is 3.99. The first kappa shape index (κ1) is 12.7. The molecule has 0 aliphatic carbocycles. The Morgan fingerprint density at radius 3 is 2.95 bits per heavy atom. The number of anilines is 1. The Bertz CT molecular complexity index is 550. The highest BCUT2D eigenvalue weighted by Crippen LogP contribution is 2.30. The Morgan fingerprint density at radius 1 is 1.16 bits per heavy atom. The average Bonchev–Trinajstić information content (AvgIpc) is 2.71. The molecule has 0 bridgehead atoms. The first-order valence-corrected chi connectivity index (χ1v) is 7.60. The van der Waals surface area contributed by atoms with Gasteiger partial charge < -0.3 is 4.90 Å². The summed E-state index contributed by atoms with van der Waals surface area (Å²) in [7, 11) is 0. The lowest BCUT2D eigenvalue weighted by Crippen LogP contribution is -2.36. The molecule has 1 fully saturated rings. The summed E-state index contributed by atoms with van der Waals surface area (Å²) in [4.78, 5) is 6.94. The summed E-state index contributed by atoms with van der Waals surface area (Å²) in [6, 6.07) is 10.9. The monoisotopic (exact) mass is 274 g/mol. The van der Waals surface area contributed by atoms with E-state index in [1.165, 1.54) is 36.8 Å². The second-order valence-electron chi connectivity index (χ2n) is 5.20. The van der Waals surface area contributed by atoms with E-state index in [9.17, 15) is 0 Å². The minimum Gasteiger partial charge on any atom is -0.367 e. The maximum Gasteiger partial charge on any atom is 0.0722 e. The topological polar surface area (TPSA) is 16.1 Å². The van der Waals surface area contributed by atoms with E-state index in [1.54, 1.807) is 0 Å². The lowest BCUT2D eigenvalue weighted by molar-refractivity contribution is 0.622. The summed E-state index contributed by atoms with van der Waals surface area (Å²) in [5.41, 5.74) is 2.36. The molecule has 1 aliphatic heterocycles. The van der Waals surface area contributed by atoms with E-state index in [4.69, 9.17) is 11.6 Å². The highest BCUT2D eigenvalue weighted by molar-refractivity contribution is 6.18. The van der Waals surface area contributed by atoms with Crippen LogP contribution < -0.4 is 4.90 Å². The summed E-state index contributed by atoms with van der Waals surface area (Å²) in [5.74, 6) is 0.705. The van der Waals surface area contributed by atoms with E-state index in [1.807, 2.05) is 12.3 Å². The van der Waals surface area contributed by atoms with Gasteiger partial charge in [-0.05, 0) is 25.0 Å². The molecule has 19 heavy (non-hydrogen) atoms. The van der Waals surface area contributed by atoms with Crippen LogP contribution in [0, 0.1) is 0 Å². The van der Waals surface area contributed by atoms with Gasteiger partial charge in [-0.1, -0.05) is 31.0 Å². The van der Waals surface area contributed by atoms with Gasteiger partial charge in [-0.25, -0.2) is 0 Å². The summed E-state index contributed by atoms with van der Waals surface area (Å²) in [5, 5.41) is 1.24. The number of alkyl halides is 1. The molecule has 0 saturated carbocycles. The van der Waals surface area contributed by atoms with E-state index in [-0.39, 0.29) is 0 Å². The second kappa shape index (κ2) is 5.79. The third kappa shape index (κ3) is 2.55. The molecule has 2 nitrogen and oxygen atoms in total. The Hall–Kier alpha value is -1.28. The van der Waals surface area contributed by atoms with Gasteiger partial charge in [0.2, 0.25) is 0 Å². The second-order valence-corrected chi connectivity index (χ2v) is 5.51. The molecule has 3 rings (SSSR count). The highest BCUT2D eigenvalue weighted by atomic mass is 35.5. The van der Waals surface area contributed by atoms with Crippen LogP contribution in [0.5, 0.6) is 0 Å². The van der Waals surface area contributed by atoms with Crippen molar-refractivity contribution in [2.75, 3.05) is 17.3 Å². The zero-order valence-corrected chi connectivity index (χ0v) is 11.8. The van der Waals surface area contributed by atoms with E-state index in [0.29, 0.717) is 11.9 Å². The van der Waals surface area contributed by atoms with Crippen molar-refractivity contribution < 1.29 is 0 Å². The lowest BCUT2D eigenvalue weighted by Gasteiger charge is -2.31. The molecular formula is C16H19ClN2. The molecule has 0 N–H and O–H groups in total. The Morgan fingerprint density at radius 2 is 2.05 bits per heavy atom. The van der Waals surface area contributed by atoms with Crippen LogP contribution in [-0.4, -0.2) is 23.5 Å². The summed E-state index contributed by atoms with van der Waals surface area (Å²) >= 11 is 6.19. The van der Waals surface area contributed by atoms with E-state index in [0.717, 1.165) is 12.1 Å². The number of hydrogen-bond acceptors (Lipinski definition) is 2. The molecule has 1 saturated heterocycles. The summed E-state index contributed by atoms with van der Waals surface area (Å²) < 4.78 is 0. The van der Waals surface area contributed by atoms with Crippen molar-refractivity contribution in [1.82, 2.24) is 4.98 Å². The van der Waals surface area contributed by atoms with Gasteiger partial charge in [0, 0.05) is 35.7 Å². The molecule has 2 heterocycles. The molecule has 0 radical (unpaired) electrons. The van der Waals surface area contributed by atoms with Gasteiger partial charge in [-0.2, -0.15) is 0 Å². The first-order valence-electron chi connectivity index (χ1n) is 7.06. The van der Waals surface area contributed by atoms with Gasteiger partial charge in [-0.15, -0.1) is 11.6 Å². The molecule has 0 amide bonds. The number of benzene rings is 1. The molecule has 100 valence electrons. The molecule has 0 spiro atoms. The molecule has 1 unspecified atom stereocenters. The Labute approximate surface area is 119 Å². The molecule has 2 aromatic rings. The fraction of sp³-hybridized carbons (Fsp3) is 0.438. The van der Waals surface area contributed by atoms with E-state index in [2.05, 4.69) is 34.1 Å². The predicted octanol–water partition coefficient (Wildman–Crippen LogP) is 4.22. The number of halogens is 1. The van der Waals surface area contributed by atoms with Crippen LogP contribution in [0.3, 0.4) is 0 Å². The maximum atomic E-state index is 6.19. The van der Waals surface area contributed by atoms with Crippen molar-refractivity contribution >= 4 is 28.2 Å². The van der Waals surface area contributed by atoms with Gasteiger partial charge in [0.05, 0.1) is 5.52 Å². The number of rotatable bonds is 2. The van der Waals surface area contributed by atoms with Crippen LogP contribution in [0.2, 0.25) is 0 Å². The van der Waals surface area contributed by atoms with Crippen molar-refractivity contribution in [2.24, 2.45) is 0 Å². The van der Waals surface area contributed by atoms with Gasteiger partial charge in [0.15, 0.2) is 0 Å². The van der Waals surface area contributed by atoms with Crippen LogP contribution in [-0.2, 0) is 0 Å². The van der Waals surface area contributed by atoms with Crippen molar-refractivity contribution in [1.29, 1.82) is 0 Å². The van der Waals surface area contributed by atoms with E-state index < -0.39 is 0 Å². The molecule has 1 aliphatic rings. The fourth-order valence-electron chi connectivity index (χ4n) is 2.99. The van der Waals surface area contributed by atoms with Crippen molar-refractivity contribution in [3.05, 3.63) is 36.5 Å². The molecular weight excluding hydrogens is 256 g/mol. The Balaban J connectivity index is 2.06. The smallest absolute Gasteiger partial charge is 0.0722 e. The van der Waals surface area contributed by atoms with E-state index >= 15 is 0 Å². The van der Waals surface area contributed by atoms with Crippen molar-refractivity contribution in [2.45, 2.75) is 31.7 Å². The van der Waals surface area contributed by atoms with Gasteiger partial charge in [0.1, 0.15) is 0 Å². The number of fused-ring (bicyclic) bond motifs is 1. The molecule has 1 aromatic carbocycles. The molecule has 1 atom stereocenters. The number of nitrogens with zero attached hydrogens (tertiary/aromatic N) is 2. The molecule has 3 heteroatoms. The zero-order valence-electron chi connectivity index (χ0n) is 11.1. The van der Waals surface area contributed by atoms with Gasteiger partial charge in [0.25, 0.3) is 0 Å². The van der Waals surface area contributed by atoms with Crippen LogP contribution in [0.15, 0.2) is 36.5 Å². The lowest BCUT2D eigenvalue weighted by atomic mass is 10.1. The fourth-order valence-corrected chi connectivity index (χ4v) is 3.31. The average molecular weight is 275 g/mol. The minimum absolute atomic E-state index is 0.454. The largest absolute Gasteiger partial charge is 0.367 e. The van der Waals surface area contributed by atoms with Crippen LogP contribution in [0.25, 0.3) is 10.9 Å². The number of para-hydroxylation sites is 1. The minimum atomic E-state index is 0.454. The van der Waals surface area contributed by atoms with Gasteiger partial charge in [-0.3, -0.25) is 4.98 Å². The summed E-state index contributed by atoms with van der Waals surface area (Å²) in [6.45, 7) is 1.10. The Kier molecular flexibility index (Phi) is 3.88. The first-order chi connectivity index (χ1) is 9.40. The predicted molar refractivity (Wildman–Crippen MR) is 82.1 cm³/mol. The number of hydrogen-bond donors (Lipinski definition) is 0. The maximum absolute atomic E-state index is 6.19. The van der Waals surface area contributed by atoms with Crippen LogP contribution in [0.1, 0.15) is 25.7 Å². The molecule has 1 aromatic heterocycles. The summed E-state index contributed by atoms with van der Waals surface area (Å²) in [6.07, 6.45) is 6.96. The van der Waals surface area contributed by atoms with Crippen LogP contribution in [0.4, 0.5) is 5.69 Å². The SMILES string of the molecule is ClCC1CCCCCN1c1ccnc2ccccc12. The standard InChI is InChI=1S/C16H19ClN2/c17-12-13-6-2-1-5-11-19(13)16-9-10-18-15-8-4-3-7-14(15)16/h3-4,7-10,13H,1-2,5-6,11-12H2. The highest BCUT2D eigenvalue weighted by Gasteiger charge is 2.21. The van der Waals surface area contributed by atoms with Gasteiger partial charge >= 0.3 is 0 Å². The third-order valence-corrected chi connectivity index (χ3v) is 4.35.